The molecule has 4 heteroatoms. The van der Waals surface area contributed by atoms with Crippen LogP contribution in [-0.2, 0) is 13.1 Å². The highest BCUT2D eigenvalue weighted by atomic mass is 35.5. The van der Waals surface area contributed by atoms with Gasteiger partial charge < -0.3 is 5.32 Å². The molecule has 0 unspecified atom stereocenters. The number of benzene rings is 1. The Labute approximate surface area is 111 Å². The van der Waals surface area contributed by atoms with E-state index in [-0.39, 0.29) is 10.8 Å². The van der Waals surface area contributed by atoms with E-state index in [9.17, 15) is 4.39 Å². The molecule has 2 nitrogen and oxygen atoms in total. The molecule has 0 aliphatic heterocycles. The van der Waals surface area contributed by atoms with Gasteiger partial charge in [-0.1, -0.05) is 23.7 Å². The van der Waals surface area contributed by atoms with Crippen molar-refractivity contribution in [3.05, 3.63) is 64.2 Å². The van der Waals surface area contributed by atoms with Crippen LogP contribution in [0.5, 0.6) is 0 Å². The third kappa shape index (κ3) is 3.28. The average Bonchev–Trinajstić information content (AvgIpc) is 2.36. The molecule has 0 atom stereocenters. The summed E-state index contributed by atoms with van der Waals surface area (Å²) >= 11 is 5.72. The maximum atomic E-state index is 13.0. The quantitative estimate of drug-likeness (QED) is 0.915. The fourth-order valence-electron chi connectivity index (χ4n) is 1.68. The van der Waals surface area contributed by atoms with E-state index < -0.39 is 0 Å². The Kier molecular flexibility index (Phi) is 4.28. The molecule has 1 heterocycles. The predicted molar refractivity (Wildman–Crippen MR) is 70.9 cm³/mol. The minimum atomic E-state index is -0.388. The van der Waals surface area contributed by atoms with Crippen LogP contribution in [0.1, 0.15) is 16.8 Å². The monoisotopic (exact) mass is 264 g/mol. The van der Waals surface area contributed by atoms with Gasteiger partial charge in [0.15, 0.2) is 0 Å². The fraction of sp³-hybridized carbons (Fsp3) is 0.214. The molecule has 1 N–H and O–H groups in total. The second-order valence-corrected chi connectivity index (χ2v) is 4.53. The van der Waals surface area contributed by atoms with Crippen molar-refractivity contribution in [1.82, 2.24) is 10.3 Å². The number of halogens is 2. The third-order valence-corrected chi connectivity index (χ3v) is 3.01. The van der Waals surface area contributed by atoms with Crippen molar-refractivity contribution in [1.29, 1.82) is 0 Å². The van der Waals surface area contributed by atoms with Crippen molar-refractivity contribution >= 4 is 11.6 Å². The Hall–Kier alpha value is -1.45. The van der Waals surface area contributed by atoms with Crippen molar-refractivity contribution in [2.75, 3.05) is 0 Å². The van der Waals surface area contributed by atoms with Crippen LogP contribution in [0, 0.1) is 12.7 Å². The van der Waals surface area contributed by atoms with Gasteiger partial charge in [0.1, 0.15) is 5.82 Å². The Morgan fingerprint density at radius 3 is 2.83 bits per heavy atom. The summed E-state index contributed by atoms with van der Waals surface area (Å²) in [6.07, 6.45) is 1.78. The molecule has 0 aliphatic rings. The van der Waals surface area contributed by atoms with E-state index in [1.165, 1.54) is 6.07 Å². The minimum absolute atomic E-state index is 0.156. The molecule has 0 aliphatic carbocycles. The van der Waals surface area contributed by atoms with Crippen molar-refractivity contribution in [2.24, 2.45) is 0 Å². The Morgan fingerprint density at radius 1 is 1.28 bits per heavy atom. The molecule has 1 aromatic carbocycles. The van der Waals surface area contributed by atoms with Crippen LogP contribution < -0.4 is 5.32 Å². The molecule has 0 spiro atoms. The van der Waals surface area contributed by atoms with E-state index in [4.69, 9.17) is 11.6 Å². The number of hydrogen-bond donors (Lipinski definition) is 1. The van der Waals surface area contributed by atoms with Gasteiger partial charge in [0.2, 0.25) is 0 Å². The van der Waals surface area contributed by atoms with Gasteiger partial charge in [-0.05, 0) is 36.2 Å². The maximum absolute atomic E-state index is 13.0. The third-order valence-electron chi connectivity index (χ3n) is 2.72. The summed E-state index contributed by atoms with van der Waals surface area (Å²) in [4.78, 5) is 4.29. The number of rotatable bonds is 4. The van der Waals surface area contributed by atoms with Gasteiger partial charge in [0, 0.05) is 19.3 Å². The fourth-order valence-corrected chi connectivity index (χ4v) is 1.88. The molecule has 2 aromatic rings. The van der Waals surface area contributed by atoms with Crippen LogP contribution in [-0.4, -0.2) is 4.98 Å². The number of aromatic nitrogens is 1. The highest BCUT2D eigenvalue weighted by Gasteiger charge is 2.02. The summed E-state index contributed by atoms with van der Waals surface area (Å²) in [6.45, 7) is 3.34. The molecular weight excluding hydrogens is 251 g/mol. The Bertz CT molecular complexity index is 543. The van der Waals surface area contributed by atoms with Crippen LogP contribution in [0.25, 0.3) is 0 Å². The van der Waals surface area contributed by atoms with Gasteiger partial charge in [-0.3, -0.25) is 4.98 Å². The van der Waals surface area contributed by atoms with Crippen LogP contribution in [0.3, 0.4) is 0 Å². The molecule has 1 aromatic heterocycles. The van der Waals surface area contributed by atoms with Gasteiger partial charge in [-0.25, -0.2) is 4.39 Å². The van der Waals surface area contributed by atoms with E-state index >= 15 is 0 Å². The Morgan fingerprint density at radius 2 is 2.11 bits per heavy atom. The number of nitrogens with one attached hydrogen (secondary N) is 1. The first-order valence-corrected chi connectivity index (χ1v) is 6.10. The summed E-state index contributed by atoms with van der Waals surface area (Å²) in [6, 6.07) is 8.68. The van der Waals surface area contributed by atoms with E-state index in [1.54, 1.807) is 18.3 Å². The molecular formula is C14H14ClFN2. The highest BCUT2D eigenvalue weighted by Crippen LogP contribution is 2.15. The summed E-state index contributed by atoms with van der Waals surface area (Å²) in [5.41, 5.74) is 3.13. The molecule has 0 amide bonds. The van der Waals surface area contributed by atoms with E-state index in [0.29, 0.717) is 13.1 Å². The average molecular weight is 265 g/mol. The van der Waals surface area contributed by atoms with Gasteiger partial charge in [-0.2, -0.15) is 0 Å². The maximum Gasteiger partial charge on any atom is 0.141 e. The van der Waals surface area contributed by atoms with Crippen molar-refractivity contribution < 1.29 is 4.39 Å². The van der Waals surface area contributed by atoms with E-state index in [2.05, 4.69) is 10.3 Å². The molecule has 0 saturated heterocycles. The van der Waals surface area contributed by atoms with Crippen molar-refractivity contribution in [3.63, 3.8) is 0 Å². The lowest BCUT2D eigenvalue weighted by Crippen LogP contribution is -2.14. The summed E-state index contributed by atoms with van der Waals surface area (Å²) in [7, 11) is 0. The lowest BCUT2D eigenvalue weighted by Gasteiger charge is -2.07. The SMILES string of the molecule is Cc1cccnc1CNCc1ccc(F)c(Cl)c1. The first-order valence-electron chi connectivity index (χ1n) is 5.72. The second-order valence-electron chi connectivity index (χ2n) is 4.12. The lowest BCUT2D eigenvalue weighted by molar-refractivity contribution is 0.624. The number of nitrogens with zero attached hydrogens (tertiary/aromatic N) is 1. The van der Waals surface area contributed by atoms with Crippen molar-refractivity contribution in [2.45, 2.75) is 20.0 Å². The van der Waals surface area contributed by atoms with Crippen molar-refractivity contribution in [3.8, 4) is 0 Å². The first-order chi connectivity index (χ1) is 8.66. The molecule has 0 saturated carbocycles. The van der Waals surface area contributed by atoms with Gasteiger partial charge in [0.25, 0.3) is 0 Å². The normalized spacial score (nSPS) is 10.6. The number of aryl methyl sites for hydroxylation is 1. The topological polar surface area (TPSA) is 24.9 Å². The predicted octanol–water partition coefficient (Wildman–Crippen LogP) is 3.47. The molecule has 0 radical (unpaired) electrons. The highest BCUT2D eigenvalue weighted by molar-refractivity contribution is 6.30. The molecule has 0 fully saturated rings. The minimum Gasteiger partial charge on any atom is -0.307 e. The zero-order valence-corrected chi connectivity index (χ0v) is 10.8. The summed E-state index contributed by atoms with van der Waals surface area (Å²) in [5, 5.41) is 3.42. The molecule has 2 rings (SSSR count). The summed E-state index contributed by atoms with van der Waals surface area (Å²) < 4.78 is 13.0. The first kappa shape index (κ1) is 13.0. The molecule has 94 valence electrons. The van der Waals surface area contributed by atoms with Gasteiger partial charge in [-0.15, -0.1) is 0 Å². The lowest BCUT2D eigenvalue weighted by atomic mass is 10.2. The van der Waals surface area contributed by atoms with Gasteiger partial charge in [0.05, 0.1) is 10.7 Å². The second kappa shape index (κ2) is 5.94. The van der Waals surface area contributed by atoms with Crippen LogP contribution in [0.15, 0.2) is 36.5 Å². The Balaban J connectivity index is 1.92. The molecule has 0 bridgehead atoms. The van der Waals surface area contributed by atoms with E-state index in [0.717, 1.165) is 16.8 Å². The zero-order chi connectivity index (χ0) is 13.0. The number of pyridine rings is 1. The largest absolute Gasteiger partial charge is 0.307 e. The molecule has 18 heavy (non-hydrogen) atoms. The van der Waals surface area contributed by atoms with Crippen LogP contribution in [0.2, 0.25) is 5.02 Å². The summed E-state index contributed by atoms with van der Waals surface area (Å²) in [5.74, 6) is -0.388. The van der Waals surface area contributed by atoms with Gasteiger partial charge >= 0.3 is 0 Å². The smallest absolute Gasteiger partial charge is 0.141 e. The van der Waals surface area contributed by atoms with Crippen LogP contribution >= 0.6 is 11.6 Å². The number of hydrogen-bond acceptors (Lipinski definition) is 2. The zero-order valence-electron chi connectivity index (χ0n) is 10.1. The standard InChI is InChI=1S/C14H14ClFN2/c1-10-3-2-6-18-14(10)9-17-8-11-4-5-13(16)12(15)7-11/h2-7,17H,8-9H2,1H3. The van der Waals surface area contributed by atoms with Crippen LogP contribution in [0.4, 0.5) is 4.39 Å². The van der Waals surface area contributed by atoms with E-state index in [1.807, 2.05) is 19.1 Å².